The summed E-state index contributed by atoms with van der Waals surface area (Å²) in [4.78, 5) is 11.9. The molecule has 2 aromatic rings. The molecule has 0 aliphatic heterocycles. The van der Waals surface area contributed by atoms with Crippen molar-refractivity contribution in [3.05, 3.63) is 59.9 Å². The molecule has 1 amide bonds. The number of ether oxygens (including phenoxy) is 1. The Labute approximate surface area is 119 Å². The average Bonchev–Trinajstić information content (AvgIpc) is 2.45. The smallest absolute Gasteiger partial charge is 0.265 e. The van der Waals surface area contributed by atoms with Crippen molar-refractivity contribution in [2.75, 3.05) is 5.32 Å². The third kappa shape index (κ3) is 3.98. The molecule has 2 rings (SSSR count). The highest BCUT2D eigenvalue weighted by molar-refractivity contribution is 5.94. The summed E-state index contributed by atoms with van der Waals surface area (Å²) >= 11 is 0. The van der Waals surface area contributed by atoms with E-state index in [0.29, 0.717) is 5.75 Å². The van der Waals surface area contributed by atoms with E-state index in [1.54, 1.807) is 0 Å². The molecule has 0 radical (unpaired) electrons. The second-order valence-electron chi connectivity index (χ2n) is 4.33. The van der Waals surface area contributed by atoms with Crippen LogP contribution in [0.3, 0.4) is 0 Å². The summed E-state index contributed by atoms with van der Waals surface area (Å²) < 4.78 is 43.8. The van der Waals surface area contributed by atoms with E-state index >= 15 is 0 Å². The highest BCUT2D eigenvalue weighted by Gasteiger charge is 2.15. The van der Waals surface area contributed by atoms with Crippen LogP contribution < -0.4 is 10.1 Å². The summed E-state index contributed by atoms with van der Waals surface area (Å²) in [7, 11) is 0. The first-order chi connectivity index (χ1) is 9.95. The number of halogens is 3. The zero-order valence-electron chi connectivity index (χ0n) is 11.1. The van der Waals surface area contributed by atoms with Crippen LogP contribution in [0.5, 0.6) is 5.75 Å². The van der Waals surface area contributed by atoms with Crippen LogP contribution in [-0.2, 0) is 4.79 Å². The fourth-order valence-electron chi connectivity index (χ4n) is 1.59. The molecule has 21 heavy (non-hydrogen) atoms. The molecule has 0 aliphatic rings. The molecule has 2 aromatic carbocycles. The normalized spacial score (nSPS) is 11.8. The predicted molar refractivity (Wildman–Crippen MR) is 71.5 cm³/mol. The third-order valence-electron chi connectivity index (χ3n) is 2.68. The van der Waals surface area contributed by atoms with Crippen molar-refractivity contribution in [1.29, 1.82) is 0 Å². The summed E-state index contributed by atoms with van der Waals surface area (Å²) in [5, 5.41) is 2.40. The minimum absolute atomic E-state index is 0.119. The van der Waals surface area contributed by atoms with E-state index < -0.39 is 29.5 Å². The van der Waals surface area contributed by atoms with Crippen molar-refractivity contribution in [2.24, 2.45) is 0 Å². The molecule has 0 aliphatic carbocycles. The molecule has 0 spiro atoms. The van der Waals surface area contributed by atoms with E-state index in [1.807, 2.05) is 0 Å². The topological polar surface area (TPSA) is 38.3 Å². The van der Waals surface area contributed by atoms with Crippen LogP contribution in [0.25, 0.3) is 0 Å². The van der Waals surface area contributed by atoms with E-state index in [9.17, 15) is 18.0 Å². The zero-order chi connectivity index (χ0) is 15.4. The number of carbonyl (C=O) groups is 1. The highest BCUT2D eigenvalue weighted by Crippen LogP contribution is 2.16. The van der Waals surface area contributed by atoms with Crippen molar-refractivity contribution in [1.82, 2.24) is 0 Å². The molecule has 0 unspecified atom stereocenters. The van der Waals surface area contributed by atoms with Crippen molar-refractivity contribution in [3.8, 4) is 5.75 Å². The van der Waals surface area contributed by atoms with Crippen molar-refractivity contribution >= 4 is 11.6 Å². The van der Waals surface area contributed by atoms with Gasteiger partial charge in [-0.3, -0.25) is 4.79 Å². The molecule has 0 aromatic heterocycles. The average molecular weight is 295 g/mol. The Balaban J connectivity index is 1.98. The molecular formula is C15H12F3NO2. The lowest BCUT2D eigenvalue weighted by molar-refractivity contribution is -0.122. The summed E-state index contributed by atoms with van der Waals surface area (Å²) in [6, 6.07) is 8.20. The van der Waals surface area contributed by atoms with Gasteiger partial charge in [0.2, 0.25) is 0 Å². The minimum Gasteiger partial charge on any atom is -0.481 e. The lowest BCUT2D eigenvalue weighted by Crippen LogP contribution is -2.30. The van der Waals surface area contributed by atoms with E-state index in [-0.39, 0.29) is 5.69 Å². The van der Waals surface area contributed by atoms with Crippen LogP contribution in [0.1, 0.15) is 6.92 Å². The monoisotopic (exact) mass is 295 g/mol. The first kappa shape index (κ1) is 14.9. The van der Waals surface area contributed by atoms with Gasteiger partial charge in [0.1, 0.15) is 11.6 Å². The molecule has 0 fully saturated rings. The molecule has 0 saturated heterocycles. The van der Waals surface area contributed by atoms with Gasteiger partial charge in [-0.1, -0.05) is 0 Å². The molecule has 3 nitrogen and oxygen atoms in total. The molecule has 0 bridgehead atoms. The molecule has 0 heterocycles. The summed E-state index contributed by atoms with van der Waals surface area (Å²) in [5.41, 5.74) is 0.119. The van der Waals surface area contributed by atoms with E-state index in [1.165, 1.54) is 37.3 Å². The van der Waals surface area contributed by atoms with Gasteiger partial charge >= 0.3 is 0 Å². The van der Waals surface area contributed by atoms with Crippen molar-refractivity contribution in [3.63, 3.8) is 0 Å². The third-order valence-corrected chi connectivity index (χ3v) is 2.68. The predicted octanol–water partition coefficient (Wildman–Crippen LogP) is 3.51. The Kier molecular flexibility index (Phi) is 4.47. The first-order valence-corrected chi connectivity index (χ1v) is 6.14. The Morgan fingerprint density at radius 3 is 2.33 bits per heavy atom. The number of hydrogen-bond donors (Lipinski definition) is 1. The number of amides is 1. The zero-order valence-corrected chi connectivity index (χ0v) is 11.1. The largest absolute Gasteiger partial charge is 0.481 e. The van der Waals surface area contributed by atoms with Crippen LogP contribution in [0, 0.1) is 17.5 Å². The standard InChI is InChI=1S/C15H12F3NO2/c1-9(21-12-5-2-10(16)3-6-12)15(20)19-11-4-7-13(17)14(18)8-11/h2-9H,1H3,(H,19,20)/t9-/m1/s1. The Morgan fingerprint density at radius 1 is 1.05 bits per heavy atom. The van der Waals surface area contributed by atoms with Gasteiger partial charge < -0.3 is 10.1 Å². The van der Waals surface area contributed by atoms with Crippen molar-refractivity contribution in [2.45, 2.75) is 13.0 Å². The Hall–Kier alpha value is -2.50. The number of rotatable bonds is 4. The lowest BCUT2D eigenvalue weighted by Gasteiger charge is -2.14. The number of nitrogens with one attached hydrogen (secondary N) is 1. The summed E-state index contributed by atoms with van der Waals surface area (Å²) in [6.07, 6.45) is -0.886. The first-order valence-electron chi connectivity index (χ1n) is 6.14. The van der Waals surface area contributed by atoms with Crippen LogP contribution in [0.4, 0.5) is 18.9 Å². The van der Waals surface area contributed by atoms with E-state index in [2.05, 4.69) is 5.32 Å². The van der Waals surface area contributed by atoms with E-state index in [4.69, 9.17) is 4.74 Å². The maximum absolute atomic E-state index is 13.0. The Bertz CT molecular complexity index is 644. The highest BCUT2D eigenvalue weighted by atomic mass is 19.2. The van der Waals surface area contributed by atoms with Gasteiger partial charge in [0.15, 0.2) is 17.7 Å². The number of carbonyl (C=O) groups excluding carboxylic acids is 1. The van der Waals surface area contributed by atoms with Crippen molar-refractivity contribution < 1.29 is 22.7 Å². The van der Waals surface area contributed by atoms with Gasteiger partial charge in [-0.2, -0.15) is 0 Å². The van der Waals surface area contributed by atoms with Gasteiger partial charge in [0, 0.05) is 11.8 Å². The van der Waals surface area contributed by atoms with Crippen LogP contribution in [0.2, 0.25) is 0 Å². The van der Waals surface area contributed by atoms with Gasteiger partial charge in [-0.25, -0.2) is 13.2 Å². The van der Waals surface area contributed by atoms with Crippen LogP contribution in [-0.4, -0.2) is 12.0 Å². The van der Waals surface area contributed by atoms with Gasteiger partial charge in [-0.15, -0.1) is 0 Å². The minimum atomic E-state index is -1.06. The summed E-state index contributed by atoms with van der Waals surface area (Å²) in [6.45, 7) is 1.48. The second-order valence-corrected chi connectivity index (χ2v) is 4.33. The molecule has 1 N–H and O–H groups in total. The number of anilines is 1. The fraction of sp³-hybridized carbons (Fsp3) is 0.133. The molecule has 0 saturated carbocycles. The van der Waals surface area contributed by atoms with Gasteiger partial charge in [0.25, 0.3) is 5.91 Å². The lowest BCUT2D eigenvalue weighted by atomic mass is 10.2. The fourth-order valence-corrected chi connectivity index (χ4v) is 1.59. The number of hydrogen-bond acceptors (Lipinski definition) is 2. The van der Waals surface area contributed by atoms with Gasteiger partial charge in [-0.05, 0) is 43.3 Å². The molecule has 6 heteroatoms. The summed E-state index contributed by atoms with van der Waals surface area (Å²) in [5.74, 6) is -2.68. The molecular weight excluding hydrogens is 283 g/mol. The van der Waals surface area contributed by atoms with Gasteiger partial charge in [0.05, 0.1) is 0 Å². The second kappa shape index (κ2) is 6.30. The van der Waals surface area contributed by atoms with Crippen LogP contribution in [0.15, 0.2) is 42.5 Å². The molecule has 1 atom stereocenters. The van der Waals surface area contributed by atoms with E-state index in [0.717, 1.165) is 12.1 Å². The SMILES string of the molecule is C[C@@H](Oc1ccc(F)cc1)C(=O)Nc1ccc(F)c(F)c1. The maximum atomic E-state index is 13.0. The number of benzene rings is 2. The molecule has 110 valence electrons. The Morgan fingerprint density at radius 2 is 1.71 bits per heavy atom. The van der Waals surface area contributed by atoms with Crippen LogP contribution >= 0.6 is 0 Å². The maximum Gasteiger partial charge on any atom is 0.265 e. The quantitative estimate of drug-likeness (QED) is 0.937.